The van der Waals surface area contributed by atoms with Crippen LogP contribution in [0.3, 0.4) is 0 Å². The lowest BCUT2D eigenvalue weighted by Crippen LogP contribution is -2.56. The average molecular weight is 376 g/mol. The molecule has 5 aliphatic rings. The van der Waals surface area contributed by atoms with E-state index in [1.807, 2.05) is 0 Å². The molecule has 0 unspecified atom stereocenters. The maximum absolute atomic E-state index is 14.0. The summed E-state index contributed by atoms with van der Waals surface area (Å²) in [4.78, 5) is 28.0. The zero-order chi connectivity index (χ0) is 18.9. The van der Waals surface area contributed by atoms with E-state index in [0.29, 0.717) is 24.9 Å². The molecule has 0 N–H and O–H groups in total. The number of methoxy groups -OCH3 is 1. The number of carbonyl (C=O) groups is 2. The first-order chi connectivity index (χ1) is 13.1. The summed E-state index contributed by atoms with van der Waals surface area (Å²) in [5.41, 5.74) is -0.104. The van der Waals surface area contributed by atoms with Crippen molar-refractivity contribution in [3.05, 3.63) is 0 Å². The Morgan fingerprint density at radius 3 is 1.93 bits per heavy atom. The summed E-state index contributed by atoms with van der Waals surface area (Å²) in [6, 6.07) is 0.329. The Balaban J connectivity index is 1.53. The number of esters is 1. The van der Waals surface area contributed by atoms with Crippen LogP contribution in [0.5, 0.6) is 0 Å². The highest BCUT2D eigenvalue weighted by Crippen LogP contribution is 2.60. The van der Waals surface area contributed by atoms with Gasteiger partial charge in [0.15, 0.2) is 0 Å². The van der Waals surface area contributed by atoms with Crippen molar-refractivity contribution in [2.24, 2.45) is 23.2 Å². The zero-order valence-corrected chi connectivity index (χ0v) is 17.1. The van der Waals surface area contributed by atoms with Crippen LogP contribution in [-0.2, 0) is 14.3 Å². The smallest absolute Gasteiger partial charge is 0.307 e. The van der Waals surface area contributed by atoms with Gasteiger partial charge in [0.1, 0.15) is 0 Å². The molecule has 152 valence electrons. The Kier molecular flexibility index (Phi) is 5.80. The van der Waals surface area contributed by atoms with E-state index >= 15 is 0 Å². The molecule has 0 aromatic rings. The van der Waals surface area contributed by atoms with E-state index in [4.69, 9.17) is 4.74 Å². The highest BCUT2D eigenvalue weighted by molar-refractivity contribution is 5.84. The molecule has 5 aliphatic carbocycles. The summed E-state index contributed by atoms with van der Waals surface area (Å²) in [5, 5.41) is 0. The van der Waals surface area contributed by atoms with Crippen molar-refractivity contribution in [3.63, 3.8) is 0 Å². The van der Waals surface area contributed by atoms with Crippen molar-refractivity contribution in [1.29, 1.82) is 0 Å². The lowest BCUT2D eigenvalue weighted by atomic mass is 9.49. The summed E-state index contributed by atoms with van der Waals surface area (Å²) >= 11 is 0. The quantitative estimate of drug-likeness (QED) is 0.654. The average Bonchev–Trinajstić information content (AvgIpc) is 2.61. The largest absolute Gasteiger partial charge is 0.469 e. The molecule has 0 atom stereocenters. The first-order valence-electron chi connectivity index (χ1n) is 11.5. The summed E-state index contributed by atoms with van der Waals surface area (Å²) in [6.07, 6.45) is 16.3. The predicted molar refractivity (Wildman–Crippen MR) is 105 cm³/mol. The van der Waals surface area contributed by atoms with Crippen molar-refractivity contribution in [2.75, 3.05) is 13.7 Å². The number of carbonyl (C=O) groups excluding carboxylic acids is 2. The third-order valence-corrected chi connectivity index (χ3v) is 8.05. The van der Waals surface area contributed by atoms with Crippen molar-refractivity contribution in [1.82, 2.24) is 4.90 Å². The molecule has 5 rings (SSSR count). The molecule has 4 heteroatoms. The second kappa shape index (κ2) is 8.13. The number of hydrogen-bond acceptors (Lipinski definition) is 3. The molecule has 0 aromatic heterocycles. The lowest BCUT2D eigenvalue weighted by molar-refractivity contribution is -0.161. The van der Waals surface area contributed by atoms with E-state index < -0.39 is 0 Å². The molecule has 0 spiro atoms. The molecule has 27 heavy (non-hydrogen) atoms. The van der Waals surface area contributed by atoms with Crippen LogP contribution in [0, 0.1) is 23.2 Å². The Bertz CT molecular complexity index is 515. The Hall–Kier alpha value is -1.06. The molecule has 0 aliphatic heterocycles. The minimum atomic E-state index is -0.191. The monoisotopic (exact) mass is 375 g/mol. The van der Waals surface area contributed by atoms with Crippen LogP contribution in [0.25, 0.3) is 0 Å². The third kappa shape index (κ3) is 4.05. The summed E-state index contributed by atoms with van der Waals surface area (Å²) in [7, 11) is 1.45. The van der Waals surface area contributed by atoms with Crippen molar-refractivity contribution >= 4 is 11.9 Å². The first-order valence-corrected chi connectivity index (χ1v) is 11.5. The van der Waals surface area contributed by atoms with E-state index in [-0.39, 0.29) is 11.4 Å². The van der Waals surface area contributed by atoms with Crippen molar-refractivity contribution in [2.45, 2.75) is 95.9 Å². The molecular formula is C23H37NO3. The van der Waals surface area contributed by atoms with Gasteiger partial charge in [-0.2, -0.15) is 0 Å². The van der Waals surface area contributed by atoms with Crippen LogP contribution >= 0.6 is 0 Å². The van der Waals surface area contributed by atoms with Crippen LogP contribution in [0.2, 0.25) is 0 Å². The second-order valence-electron chi connectivity index (χ2n) is 10.0. The molecule has 5 saturated carbocycles. The SMILES string of the molecule is COC(=O)CCN(C(=O)C12CC3CC(CC(C3)C1)C2)C1CCCCCCC1. The molecule has 4 nitrogen and oxygen atoms in total. The first kappa shape index (κ1) is 19.3. The Morgan fingerprint density at radius 2 is 1.41 bits per heavy atom. The minimum Gasteiger partial charge on any atom is -0.469 e. The van der Waals surface area contributed by atoms with Gasteiger partial charge in [-0.1, -0.05) is 32.1 Å². The van der Waals surface area contributed by atoms with E-state index in [2.05, 4.69) is 4.90 Å². The molecule has 0 heterocycles. The Morgan fingerprint density at radius 1 is 0.889 bits per heavy atom. The highest BCUT2D eigenvalue weighted by atomic mass is 16.5. The molecule has 0 radical (unpaired) electrons. The number of nitrogens with zero attached hydrogens (tertiary/aromatic N) is 1. The molecule has 5 fully saturated rings. The number of ether oxygens (including phenoxy) is 1. The molecule has 0 saturated heterocycles. The van der Waals surface area contributed by atoms with E-state index in [0.717, 1.165) is 49.9 Å². The van der Waals surface area contributed by atoms with Gasteiger partial charge in [-0.25, -0.2) is 0 Å². The third-order valence-electron chi connectivity index (χ3n) is 8.05. The fourth-order valence-corrected chi connectivity index (χ4v) is 7.19. The lowest BCUT2D eigenvalue weighted by Gasteiger charge is -2.57. The maximum Gasteiger partial charge on any atom is 0.307 e. The summed E-state index contributed by atoms with van der Waals surface area (Å²) in [6.45, 7) is 0.553. The van der Waals surface area contributed by atoms with Crippen LogP contribution in [0.15, 0.2) is 0 Å². The van der Waals surface area contributed by atoms with Crippen LogP contribution in [0.4, 0.5) is 0 Å². The molecule has 1 amide bonds. The standard InChI is InChI=1S/C23H37NO3/c1-27-21(25)9-10-24(20-7-5-3-2-4-6-8-20)22(26)23-14-17-11-18(15-23)13-19(12-17)16-23/h17-20H,2-16H2,1H3. The Labute approximate surface area is 164 Å². The number of hydrogen-bond donors (Lipinski definition) is 0. The zero-order valence-electron chi connectivity index (χ0n) is 17.1. The topological polar surface area (TPSA) is 46.6 Å². The number of rotatable bonds is 5. The van der Waals surface area contributed by atoms with E-state index in [1.54, 1.807) is 0 Å². The van der Waals surface area contributed by atoms with Gasteiger partial charge in [-0.05, 0) is 69.1 Å². The van der Waals surface area contributed by atoms with Crippen LogP contribution in [0.1, 0.15) is 89.9 Å². The second-order valence-corrected chi connectivity index (χ2v) is 10.0. The molecule has 0 aromatic carbocycles. The van der Waals surface area contributed by atoms with Gasteiger partial charge < -0.3 is 9.64 Å². The summed E-state index contributed by atoms with van der Waals surface area (Å²) in [5.74, 6) is 2.54. The van der Waals surface area contributed by atoms with Gasteiger partial charge in [-0.15, -0.1) is 0 Å². The minimum absolute atomic E-state index is 0.104. The fraction of sp³-hybridized carbons (Fsp3) is 0.913. The predicted octanol–water partition coefficient (Wildman–Crippen LogP) is 4.71. The van der Waals surface area contributed by atoms with E-state index in [1.165, 1.54) is 58.5 Å². The fourth-order valence-electron chi connectivity index (χ4n) is 7.19. The van der Waals surface area contributed by atoms with Gasteiger partial charge >= 0.3 is 5.97 Å². The van der Waals surface area contributed by atoms with Gasteiger partial charge in [0.25, 0.3) is 0 Å². The molecule has 4 bridgehead atoms. The highest BCUT2D eigenvalue weighted by Gasteiger charge is 2.56. The molecular weight excluding hydrogens is 338 g/mol. The van der Waals surface area contributed by atoms with Gasteiger partial charge in [-0.3, -0.25) is 9.59 Å². The van der Waals surface area contributed by atoms with Gasteiger partial charge in [0.05, 0.1) is 18.9 Å². The van der Waals surface area contributed by atoms with Gasteiger partial charge in [0, 0.05) is 12.6 Å². The normalized spacial score (nSPS) is 36.1. The maximum atomic E-state index is 14.0. The van der Waals surface area contributed by atoms with Crippen LogP contribution < -0.4 is 0 Å². The summed E-state index contributed by atoms with van der Waals surface area (Å²) < 4.78 is 4.88. The number of amides is 1. The van der Waals surface area contributed by atoms with Crippen molar-refractivity contribution < 1.29 is 14.3 Å². The van der Waals surface area contributed by atoms with Crippen LogP contribution in [-0.4, -0.2) is 36.5 Å². The van der Waals surface area contributed by atoms with Crippen molar-refractivity contribution in [3.8, 4) is 0 Å². The van der Waals surface area contributed by atoms with E-state index in [9.17, 15) is 9.59 Å². The van der Waals surface area contributed by atoms with Gasteiger partial charge in [0.2, 0.25) is 5.91 Å².